The first kappa shape index (κ1) is 11.6. The van der Waals surface area contributed by atoms with Crippen LogP contribution >= 0.6 is 11.3 Å². The molecule has 5 heteroatoms. The number of nitrogens with one attached hydrogen (secondary N) is 1. The molecule has 0 aliphatic heterocycles. The SMILES string of the molecule is CCc1cc(C(=O)Nc2ccsc2)cc(N)n1. The van der Waals surface area contributed by atoms with Gasteiger partial charge in [-0.2, -0.15) is 11.3 Å². The Bertz CT molecular complexity index is 523. The van der Waals surface area contributed by atoms with E-state index in [2.05, 4.69) is 10.3 Å². The first-order valence-electron chi connectivity index (χ1n) is 5.29. The number of nitrogens with two attached hydrogens (primary N) is 1. The molecule has 17 heavy (non-hydrogen) atoms. The van der Waals surface area contributed by atoms with Crippen LogP contribution < -0.4 is 11.1 Å². The number of anilines is 2. The molecule has 1 amide bonds. The molecule has 0 aliphatic rings. The molecule has 0 unspecified atom stereocenters. The zero-order chi connectivity index (χ0) is 12.3. The summed E-state index contributed by atoms with van der Waals surface area (Å²) in [5.74, 6) is 0.215. The van der Waals surface area contributed by atoms with Crippen molar-refractivity contribution in [3.63, 3.8) is 0 Å². The van der Waals surface area contributed by atoms with Crippen molar-refractivity contribution in [2.24, 2.45) is 0 Å². The van der Waals surface area contributed by atoms with Gasteiger partial charge in [0.25, 0.3) is 5.91 Å². The molecule has 2 rings (SSSR count). The summed E-state index contributed by atoms with van der Waals surface area (Å²) in [4.78, 5) is 16.1. The van der Waals surface area contributed by atoms with Crippen molar-refractivity contribution >= 4 is 28.7 Å². The lowest BCUT2D eigenvalue weighted by atomic mass is 10.2. The summed E-state index contributed by atoms with van der Waals surface area (Å²) in [7, 11) is 0. The lowest BCUT2D eigenvalue weighted by molar-refractivity contribution is 0.102. The van der Waals surface area contributed by atoms with Crippen LogP contribution in [0.2, 0.25) is 0 Å². The van der Waals surface area contributed by atoms with Crippen molar-refractivity contribution in [3.8, 4) is 0 Å². The average molecular weight is 247 g/mol. The van der Waals surface area contributed by atoms with Gasteiger partial charge in [0.1, 0.15) is 5.82 Å². The molecular weight excluding hydrogens is 234 g/mol. The first-order chi connectivity index (χ1) is 8.19. The summed E-state index contributed by atoms with van der Waals surface area (Å²) in [6, 6.07) is 5.20. The van der Waals surface area contributed by atoms with Crippen LogP contribution in [0.5, 0.6) is 0 Å². The van der Waals surface area contributed by atoms with Crippen molar-refractivity contribution < 1.29 is 4.79 Å². The minimum absolute atomic E-state index is 0.160. The number of carbonyl (C=O) groups excluding carboxylic acids is 1. The van der Waals surface area contributed by atoms with Crippen LogP contribution in [0.3, 0.4) is 0 Å². The van der Waals surface area contributed by atoms with E-state index in [1.54, 1.807) is 12.1 Å². The minimum atomic E-state index is -0.160. The Kier molecular flexibility index (Phi) is 3.39. The highest BCUT2D eigenvalue weighted by Gasteiger charge is 2.08. The van der Waals surface area contributed by atoms with Crippen LogP contribution in [0, 0.1) is 0 Å². The number of thiophene rings is 1. The normalized spacial score (nSPS) is 10.2. The molecule has 0 saturated heterocycles. The Morgan fingerprint density at radius 1 is 1.53 bits per heavy atom. The van der Waals surface area contributed by atoms with Crippen molar-refractivity contribution in [1.29, 1.82) is 0 Å². The molecule has 3 N–H and O–H groups in total. The van der Waals surface area contributed by atoms with Gasteiger partial charge >= 0.3 is 0 Å². The van der Waals surface area contributed by atoms with Crippen molar-refractivity contribution in [3.05, 3.63) is 40.2 Å². The zero-order valence-electron chi connectivity index (χ0n) is 9.43. The highest BCUT2D eigenvalue weighted by atomic mass is 32.1. The number of aryl methyl sites for hydroxylation is 1. The molecule has 0 spiro atoms. The molecule has 4 nitrogen and oxygen atoms in total. The van der Waals surface area contributed by atoms with E-state index >= 15 is 0 Å². The third kappa shape index (κ3) is 2.82. The highest BCUT2D eigenvalue weighted by Crippen LogP contribution is 2.15. The summed E-state index contributed by atoms with van der Waals surface area (Å²) < 4.78 is 0. The average Bonchev–Trinajstić information content (AvgIpc) is 2.81. The van der Waals surface area contributed by atoms with Crippen molar-refractivity contribution in [2.45, 2.75) is 13.3 Å². The molecule has 2 heterocycles. The summed E-state index contributed by atoms with van der Waals surface area (Å²) in [6.45, 7) is 1.97. The molecule has 2 aromatic heterocycles. The smallest absolute Gasteiger partial charge is 0.255 e. The molecule has 0 fully saturated rings. The van der Waals surface area contributed by atoms with Crippen LogP contribution in [0.25, 0.3) is 0 Å². The van der Waals surface area contributed by atoms with Crippen LogP contribution in [-0.4, -0.2) is 10.9 Å². The van der Waals surface area contributed by atoms with Crippen LogP contribution in [0.15, 0.2) is 29.0 Å². The molecule has 88 valence electrons. The van der Waals surface area contributed by atoms with Crippen LogP contribution in [-0.2, 0) is 6.42 Å². The first-order valence-corrected chi connectivity index (χ1v) is 6.23. The van der Waals surface area contributed by atoms with Crippen molar-refractivity contribution in [1.82, 2.24) is 4.98 Å². The van der Waals surface area contributed by atoms with Gasteiger partial charge in [-0.25, -0.2) is 4.98 Å². The standard InChI is InChI=1S/C12H13N3OS/c1-2-9-5-8(6-11(13)14-9)12(16)15-10-3-4-17-7-10/h3-7H,2H2,1H3,(H2,13,14)(H,15,16). The fourth-order valence-corrected chi connectivity index (χ4v) is 2.05. The van der Waals surface area contributed by atoms with Gasteiger partial charge in [-0.1, -0.05) is 6.92 Å². The Balaban J connectivity index is 2.21. The van der Waals surface area contributed by atoms with E-state index in [1.807, 2.05) is 23.8 Å². The summed E-state index contributed by atoms with van der Waals surface area (Å²) in [5.41, 5.74) is 7.82. The summed E-state index contributed by atoms with van der Waals surface area (Å²) in [6.07, 6.45) is 0.754. The molecule has 0 radical (unpaired) electrons. The number of hydrogen-bond donors (Lipinski definition) is 2. The maximum atomic E-state index is 11.9. The quantitative estimate of drug-likeness (QED) is 0.875. The molecule has 0 aliphatic carbocycles. The number of nitrogen functional groups attached to an aromatic ring is 1. The van der Waals surface area contributed by atoms with Gasteiger partial charge in [0, 0.05) is 16.6 Å². The minimum Gasteiger partial charge on any atom is -0.384 e. The maximum Gasteiger partial charge on any atom is 0.255 e. The molecular formula is C12H13N3OS. The van der Waals surface area contributed by atoms with Gasteiger partial charge in [0.05, 0.1) is 5.69 Å². The molecule has 2 aromatic rings. The Morgan fingerprint density at radius 2 is 2.35 bits per heavy atom. The maximum absolute atomic E-state index is 11.9. The van der Waals surface area contributed by atoms with Gasteiger partial charge in [0.2, 0.25) is 0 Å². The topological polar surface area (TPSA) is 68.0 Å². The number of aromatic nitrogens is 1. The van der Waals surface area contributed by atoms with Gasteiger partial charge < -0.3 is 11.1 Å². The fraction of sp³-hybridized carbons (Fsp3) is 0.167. The molecule has 0 bridgehead atoms. The predicted molar refractivity (Wildman–Crippen MR) is 70.3 cm³/mol. The Hall–Kier alpha value is -1.88. The van der Waals surface area contributed by atoms with E-state index < -0.39 is 0 Å². The molecule has 0 aromatic carbocycles. The van der Waals surface area contributed by atoms with E-state index in [9.17, 15) is 4.79 Å². The van der Waals surface area contributed by atoms with Crippen molar-refractivity contribution in [2.75, 3.05) is 11.1 Å². The third-order valence-corrected chi connectivity index (χ3v) is 2.98. The summed E-state index contributed by atoms with van der Waals surface area (Å²) >= 11 is 1.54. The number of hydrogen-bond acceptors (Lipinski definition) is 4. The van der Waals surface area contributed by atoms with E-state index in [-0.39, 0.29) is 5.91 Å². The van der Waals surface area contributed by atoms with E-state index in [1.165, 1.54) is 11.3 Å². The third-order valence-electron chi connectivity index (χ3n) is 2.30. The largest absolute Gasteiger partial charge is 0.384 e. The number of pyridine rings is 1. The monoisotopic (exact) mass is 247 g/mol. The van der Waals surface area contributed by atoms with E-state index in [4.69, 9.17) is 5.73 Å². The second-order valence-electron chi connectivity index (χ2n) is 3.59. The lowest BCUT2D eigenvalue weighted by Gasteiger charge is -2.05. The highest BCUT2D eigenvalue weighted by molar-refractivity contribution is 7.08. The number of nitrogens with zero attached hydrogens (tertiary/aromatic N) is 1. The summed E-state index contributed by atoms with van der Waals surface area (Å²) in [5, 5.41) is 6.59. The Labute approximate surface area is 103 Å². The van der Waals surface area contributed by atoms with E-state index in [0.717, 1.165) is 17.8 Å². The number of carbonyl (C=O) groups is 1. The zero-order valence-corrected chi connectivity index (χ0v) is 10.3. The second kappa shape index (κ2) is 4.97. The van der Waals surface area contributed by atoms with Gasteiger partial charge in [-0.05, 0) is 30.0 Å². The lowest BCUT2D eigenvalue weighted by Crippen LogP contribution is -2.12. The Morgan fingerprint density at radius 3 is 3.00 bits per heavy atom. The molecule has 0 saturated carbocycles. The van der Waals surface area contributed by atoms with Crippen LogP contribution in [0.1, 0.15) is 23.0 Å². The van der Waals surface area contributed by atoms with Gasteiger partial charge in [-0.15, -0.1) is 0 Å². The number of rotatable bonds is 3. The van der Waals surface area contributed by atoms with Gasteiger partial charge in [0.15, 0.2) is 0 Å². The fourth-order valence-electron chi connectivity index (χ4n) is 1.46. The van der Waals surface area contributed by atoms with E-state index in [0.29, 0.717) is 11.4 Å². The van der Waals surface area contributed by atoms with Crippen LogP contribution in [0.4, 0.5) is 11.5 Å². The second-order valence-corrected chi connectivity index (χ2v) is 4.37. The van der Waals surface area contributed by atoms with Gasteiger partial charge in [-0.3, -0.25) is 4.79 Å². The number of amides is 1. The predicted octanol–water partition coefficient (Wildman–Crippen LogP) is 2.54. The molecule has 0 atom stereocenters.